The molecule has 0 saturated carbocycles. The van der Waals surface area contributed by atoms with E-state index in [1.807, 2.05) is 0 Å². The third kappa shape index (κ3) is 646. The monoisotopic (exact) mass is 288 g/mol. The van der Waals surface area contributed by atoms with Crippen LogP contribution < -0.4 is 5.73 Å². The van der Waals surface area contributed by atoms with Gasteiger partial charge in [-0.15, -0.1) is 0 Å². The first kappa shape index (κ1) is 44.6. The zero-order chi connectivity index (χ0) is 15.7. The molecule has 0 spiro atoms. The second kappa shape index (κ2) is 190. The standard InChI is InChI=1S/C5H14N2.5CN.Fe/c1-7(2)5-3-4-6;5*1-2;/h3-6H2,1-2H3;;;;;;/q;5*-1;+5. The summed E-state index contributed by atoms with van der Waals surface area (Å²) in [4.78, 5) is 2.13. The van der Waals surface area contributed by atoms with Crippen LogP contribution in [-0.2, 0) is 17.1 Å². The van der Waals surface area contributed by atoms with Gasteiger partial charge in [-0.25, -0.2) is 0 Å². The van der Waals surface area contributed by atoms with Crippen LogP contribution in [0.4, 0.5) is 0 Å². The van der Waals surface area contributed by atoms with Crippen LogP contribution in [-0.4, -0.2) is 32.1 Å². The fourth-order valence-corrected chi connectivity index (χ4v) is 0.408. The molecule has 1 radical (unpaired) electrons. The molecule has 0 bridgehead atoms. The van der Waals surface area contributed by atoms with E-state index in [9.17, 15) is 0 Å². The van der Waals surface area contributed by atoms with Crippen LogP contribution in [0.1, 0.15) is 6.42 Å². The van der Waals surface area contributed by atoms with Gasteiger partial charge in [0.25, 0.3) is 0 Å². The van der Waals surface area contributed by atoms with Gasteiger partial charge in [-0.05, 0) is 33.6 Å². The fourth-order valence-electron chi connectivity index (χ4n) is 0.408. The Labute approximate surface area is 121 Å². The molecule has 0 amide bonds. The van der Waals surface area contributed by atoms with Crippen LogP contribution in [0, 0.1) is 59.2 Å². The Morgan fingerprint density at radius 2 is 1.00 bits per heavy atom. The number of hydrogen-bond donors (Lipinski definition) is 1. The summed E-state index contributed by atoms with van der Waals surface area (Å²) >= 11 is 0. The maximum Gasteiger partial charge on any atom is 5.00 e. The number of rotatable bonds is 3. The van der Waals surface area contributed by atoms with Gasteiger partial charge in [0.05, 0.1) is 0 Å². The van der Waals surface area contributed by atoms with Gasteiger partial charge in [0.1, 0.15) is 0 Å². The van der Waals surface area contributed by atoms with E-state index in [1.54, 1.807) is 0 Å². The average Bonchev–Trinajstić information content (AvgIpc) is 2.47. The Kier molecular flexibility index (Phi) is 470. The van der Waals surface area contributed by atoms with Crippen molar-refractivity contribution < 1.29 is 17.1 Å². The molecule has 2 N–H and O–H groups in total. The van der Waals surface area contributed by atoms with Gasteiger partial charge in [0, 0.05) is 0 Å². The topological polar surface area (TPSA) is 148 Å². The first-order chi connectivity index (χ1) is 8.27. The summed E-state index contributed by atoms with van der Waals surface area (Å²) in [5.41, 5.74) is 5.25. The van der Waals surface area contributed by atoms with Crippen molar-refractivity contribution in [2.24, 2.45) is 5.73 Å². The Bertz CT molecular complexity index is 146. The molecule has 0 atom stereocenters. The van der Waals surface area contributed by atoms with E-state index in [0.29, 0.717) is 0 Å². The zero-order valence-corrected chi connectivity index (χ0v) is 11.3. The second-order valence-electron chi connectivity index (χ2n) is 1.95. The van der Waals surface area contributed by atoms with Crippen LogP contribution in [0.5, 0.6) is 0 Å². The molecule has 0 heterocycles. The normalized spacial score (nSPS) is 4.56. The maximum atomic E-state index is 6.25. The SMILES string of the molecule is CN(C)CCCN.[C-]#N.[C-]#N.[C-]#N.[C-]#N.[C-]#N.[Fe+5]. The van der Waals surface area contributed by atoms with E-state index in [1.165, 1.54) is 0 Å². The predicted molar refractivity (Wildman–Crippen MR) is 57.1 cm³/mol. The molecular weight excluding hydrogens is 274 g/mol. The number of nitrogens with zero attached hydrogens (tertiary/aromatic N) is 6. The second-order valence-corrected chi connectivity index (χ2v) is 1.95. The van der Waals surface area contributed by atoms with E-state index < -0.39 is 0 Å². The summed E-state index contributed by atoms with van der Waals surface area (Å²) in [6, 6.07) is 0. The van der Waals surface area contributed by atoms with Crippen molar-refractivity contribution in [3.63, 3.8) is 0 Å². The molecule has 0 aliphatic carbocycles. The number of hydrogen-bond acceptors (Lipinski definition) is 7. The van der Waals surface area contributed by atoms with E-state index in [0.717, 1.165) is 19.5 Å². The van der Waals surface area contributed by atoms with Crippen LogP contribution in [0.3, 0.4) is 0 Å². The zero-order valence-electron chi connectivity index (χ0n) is 10.2. The average molecular weight is 288 g/mol. The van der Waals surface area contributed by atoms with Gasteiger partial charge >= 0.3 is 17.1 Å². The molecule has 0 saturated heterocycles. The fraction of sp³-hybridized carbons (Fsp3) is 0.500. The minimum Gasteiger partial charge on any atom is -0.512 e. The molecule has 0 aliphatic rings. The number of nitrogens with two attached hydrogens (primary N) is 1. The molecule has 0 aliphatic heterocycles. The summed E-state index contributed by atoms with van der Waals surface area (Å²) in [6.07, 6.45) is 1.10. The van der Waals surface area contributed by atoms with Gasteiger partial charge in [-0.3, -0.25) is 0 Å². The molecule has 97 valence electrons. The molecular formula is C10H14FeN7. The summed E-state index contributed by atoms with van der Waals surface area (Å²) in [7, 11) is 4.10. The predicted octanol–water partition coefficient (Wildman–Crippen LogP) is 0.376. The first-order valence-electron chi connectivity index (χ1n) is 3.74. The van der Waals surface area contributed by atoms with E-state index in [2.05, 4.69) is 19.0 Å². The molecule has 18 heavy (non-hydrogen) atoms. The van der Waals surface area contributed by atoms with E-state index >= 15 is 0 Å². The van der Waals surface area contributed by atoms with Gasteiger partial charge in [-0.2, -0.15) is 0 Å². The van der Waals surface area contributed by atoms with Crippen molar-refractivity contribution in [1.82, 2.24) is 4.90 Å². The molecule has 0 fully saturated rings. The smallest absolute Gasteiger partial charge is 0.512 e. The van der Waals surface area contributed by atoms with Crippen molar-refractivity contribution in [1.29, 1.82) is 26.3 Å². The maximum absolute atomic E-state index is 6.25. The van der Waals surface area contributed by atoms with Gasteiger partial charge in [0.15, 0.2) is 0 Å². The molecule has 0 aromatic carbocycles. The van der Waals surface area contributed by atoms with Crippen LogP contribution in [0.15, 0.2) is 0 Å². The Morgan fingerprint density at radius 1 is 0.778 bits per heavy atom. The van der Waals surface area contributed by atoms with Gasteiger partial charge in [0.2, 0.25) is 0 Å². The minimum atomic E-state index is 0. The molecule has 0 unspecified atom stereocenters. The van der Waals surface area contributed by atoms with Crippen molar-refractivity contribution >= 4 is 0 Å². The molecule has 7 nitrogen and oxygen atoms in total. The minimum absolute atomic E-state index is 0. The third-order valence-corrected chi connectivity index (χ3v) is 0.809. The Balaban J connectivity index is -0.0000000189. The Hall–Kier alpha value is -2.11. The van der Waals surface area contributed by atoms with Crippen molar-refractivity contribution in [2.75, 3.05) is 27.2 Å². The van der Waals surface area contributed by atoms with Crippen LogP contribution in [0.25, 0.3) is 0 Å². The van der Waals surface area contributed by atoms with E-state index in [-0.39, 0.29) is 17.1 Å². The summed E-state index contributed by atoms with van der Waals surface area (Å²) < 4.78 is 0. The summed E-state index contributed by atoms with van der Waals surface area (Å²) in [6.45, 7) is 25.7. The van der Waals surface area contributed by atoms with Crippen molar-refractivity contribution in [3.05, 3.63) is 32.9 Å². The van der Waals surface area contributed by atoms with Crippen LogP contribution in [0.2, 0.25) is 0 Å². The van der Waals surface area contributed by atoms with Crippen molar-refractivity contribution in [3.8, 4) is 0 Å². The van der Waals surface area contributed by atoms with E-state index in [4.69, 9.17) is 64.9 Å². The van der Waals surface area contributed by atoms with Gasteiger partial charge < -0.3 is 69.8 Å². The molecule has 0 aromatic rings. The summed E-state index contributed by atoms with van der Waals surface area (Å²) in [5, 5.41) is 31.2. The molecule has 8 heteroatoms. The van der Waals surface area contributed by atoms with Crippen LogP contribution >= 0.6 is 0 Å². The Morgan fingerprint density at radius 3 is 1.06 bits per heavy atom. The molecule has 0 rings (SSSR count). The van der Waals surface area contributed by atoms with Gasteiger partial charge in [-0.1, -0.05) is 0 Å². The molecule has 0 aromatic heterocycles. The first-order valence-corrected chi connectivity index (χ1v) is 3.74. The summed E-state index contributed by atoms with van der Waals surface area (Å²) in [5.74, 6) is 0. The quantitative estimate of drug-likeness (QED) is 0.582. The van der Waals surface area contributed by atoms with Crippen molar-refractivity contribution in [2.45, 2.75) is 6.42 Å². The largest absolute Gasteiger partial charge is 5.00 e. The third-order valence-electron chi connectivity index (χ3n) is 0.809.